The summed E-state index contributed by atoms with van der Waals surface area (Å²) in [5, 5.41) is 12.4. The first kappa shape index (κ1) is 19.3. The zero-order chi connectivity index (χ0) is 20.1. The molecule has 1 fully saturated rings. The second kappa shape index (κ2) is 8.96. The van der Waals surface area contributed by atoms with Crippen LogP contribution in [0.1, 0.15) is 35.8 Å². The third-order valence-corrected chi connectivity index (χ3v) is 5.94. The molecule has 0 unspecified atom stereocenters. The molecule has 1 aliphatic heterocycles. The number of benzene rings is 2. The number of para-hydroxylation sites is 1. The van der Waals surface area contributed by atoms with E-state index in [9.17, 15) is 9.59 Å². The standard InChI is InChI=1S/C22H22N4O2S/c27-19(13-7-10-16-8-3-1-4-9-16)23-22-25-24-21(29-22)17-14-20(28)26(15-17)18-11-5-2-6-12-18/h1-6,8-9,11-12,17H,7,10,13-15H2,(H,23,25,27)/t17-/m0/s1. The van der Waals surface area contributed by atoms with Gasteiger partial charge in [-0.25, -0.2) is 0 Å². The van der Waals surface area contributed by atoms with Crippen LogP contribution in [0.4, 0.5) is 10.8 Å². The van der Waals surface area contributed by atoms with Crippen molar-refractivity contribution in [2.75, 3.05) is 16.8 Å². The van der Waals surface area contributed by atoms with Gasteiger partial charge in [-0.15, -0.1) is 10.2 Å². The fourth-order valence-electron chi connectivity index (χ4n) is 3.46. The van der Waals surface area contributed by atoms with Crippen LogP contribution in [-0.2, 0) is 16.0 Å². The molecule has 1 atom stereocenters. The van der Waals surface area contributed by atoms with Crippen LogP contribution in [0.2, 0.25) is 0 Å². The zero-order valence-corrected chi connectivity index (χ0v) is 16.8. The molecule has 29 heavy (non-hydrogen) atoms. The quantitative estimate of drug-likeness (QED) is 0.643. The number of rotatable bonds is 7. The molecule has 1 N–H and O–H groups in total. The molecule has 1 saturated heterocycles. The Hall–Kier alpha value is -3.06. The van der Waals surface area contributed by atoms with E-state index >= 15 is 0 Å². The predicted octanol–water partition coefficient (Wildman–Crippen LogP) is 4.02. The minimum Gasteiger partial charge on any atom is -0.312 e. The Morgan fingerprint density at radius 1 is 1.07 bits per heavy atom. The summed E-state index contributed by atoms with van der Waals surface area (Å²) in [6.07, 6.45) is 2.50. The van der Waals surface area contributed by atoms with Crippen LogP contribution in [0, 0.1) is 0 Å². The van der Waals surface area contributed by atoms with E-state index in [-0.39, 0.29) is 17.7 Å². The number of amides is 2. The molecule has 6 nitrogen and oxygen atoms in total. The topological polar surface area (TPSA) is 75.2 Å². The number of carbonyl (C=O) groups is 2. The first-order valence-electron chi connectivity index (χ1n) is 9.71. The fourth-order valence-corrected chi connectivity index (χ4v) is 4.31. The van der Waals surface area contributed by atoms with Crippen molar-refractivity contribution in [1.29, 1.82) is 0 Å². The molecule has 2 amide bonds. The molecule has 3 aromatic rings. The van der Waals surface area contributed by atoms with Gasteiger partial charge in [0.25, 0.3) is 0 Å². The Labute approximate surface area is 173 Å². The Morgan fingerprint density at radius 2 is 1.79 bits per heavy atom. The number of aromatic nitrogens is 2. The highest BCUT2D eigenvalue weighted by Gasteiger charge is 2.33. The van der Waals surface area contributed by atoms with Gasteiger partial charge in [0, 0.05) is 31.0 Å². The smallest absolute Gasteiger partial charge is 0.227 e. The van der Waals surface area contributed by atoms with E-state index < -0.39 is 0 Å². The van der Waals surface area contributed by atoms with Crippen LogP contribution in [-0.4, -0.2) is 28.6 Å². The highest BCUT2D eigenvalue weighted by Crippen LogP contribution is 2.34. The van der Waals surface area contributed by atoms with Crippen molar-refractivity contribution in [2.45, 2.75) is 31.6 Å². The van der Waals surface area contributed by atoms with E-state index in [0.29, 0.717) is 24.5 Å². The highest BCUT2D eigenvalue weighted by molar-refractivity contribution is 7.15. The number of hydrogen-bond acceptors (Lipinski definition) is 5. The summed E-state index contributed by atoms with van der Waals surface area (Å²) in [5.74, 6) is 0.0314. The van der Waals surface area contributed by atoms with Crippen molar-refractivity contribution < 1.29 is 9.59 Å². The first-order valence-corrected chi connectivity index (χ1v) is 10.5. The van der Waals surface area contributed by atoms with Gasteiger partial charge in [-0.2, -0.15) is 0 Å². The summed E-state index contributed by atoms with van der Waals surface area (Å²) in [6, 6.07) is 19.8. The summed E-state index contributed by atoms with van der Waals surface area (Å²) in [7, 11) is 0. The molecule has 2 heterocycles. The molecule has 2 aromatic carbocycles. The van der Waals surface area contributed by atoms with Gasteiger partial charge in [0.1, 0.15) is 5.01 Å². The maximum Gasteiger partial charge on any atom is 0.227 e. The molecule has 0 aliphatic carbocycles. The lowest BCUT2D eigenvalue weighted by atomic mass is 10.1. The largest absolute Gasteiger partial charge is 0.312 e. The normalized spacial score (nSPS) is 16.2. The summed E-state index contributed by atoms with van der Waals surface area (Å²) in [6.45, 7) is 0.586. The van der Waals surface area contributed by atoms with Crippen LogP contribution in [0.15, 0.2) is 60.7 Å². The van der Waals surface area contributed by atoms with Crippen LogP contribution in [0.3, 0.4) is 0 Å². The maximum atomic E-state index is 12.4. The molecule has 7 heteroatoms. The summed E-state index contributed by atoms with van der Waals surface area (Å²) in [4.78, 5) is 26.4. The molecule has 4 rings (SSSR count). The Balaban J connectivity index is 1.29. The highest BCUT2D eigenvalue weighted by atomic mass is 32.1. The van der Waals surface area contributed by atoms with E-state index in [4.69, 9.17) is 0 Å². The minimum atomic E-state index is -0.0583. The summed E-state index contributed by atoms with van der Waals surface area (Å²) >= 11 is 1.35. The minimum absolute atomic E-state index is 0.00365. The van der Waals surface area contributed by atoms with Crippen molar-refractivity contribution in [3.63, 3.8) is 0 Å². The van der Waals surface area contributed by atoms with Gasteiger partial charge in [-0.05, 0) is 30.5 Å². The lowest BCUT2D eigenvalue weighted by molar-refractivity contribution is -0.117. The number of nitrogens with one attached hydrogen (secondary N) is 1. The van der Waals surface area contributed by atoms with Crippen molar-refractivity contribution in [3.05, 3.63) is 71.2 Å². The van der Waals surface area contributed by atoms with Crippen LogP contribution in [0.25, 0.3) is 0 Å². The fraction of sp³-hybridized carbons (Fsp3) is 0.273. The number of aryl methyl sites for hydroxylation is 1. The maximum absolute atomic E-state index is 12.4. The van der Waals surface area contributed by atoms with Gasteiger partial charge in [-0.3, -0.25) is 9.59 Å². The van der Waals surface area contributed by atoms with E-state index in [1.54, 1.807) is 4.90 Å². The molecular formula is C22H22N4O2S. The zero-order valence-electron chi connectivity index (χ0n) is 16.0. The van der Waals surface area contributed by atoms with E-state index in [1.165, 1.54) is 16.9 Å². The van der Waals surface area contributed by atoms with Crippen LogP contribution >= 0.6 is 11.3 Å². The molecule has 0 bridgehead atoms. The molecule has 0 radical (unpaired) electrons. The van der Waals surface area contributed by atoms with Gasteiger partial charge in [-0.1, -0.05) is 59.9 Å². The molecule has 1 aliphatic rings. The van der Waals surface area contributed by atoms with Crippen molar-refractivity contribution >= 4 is 34.0 Å². The Morgan fingerprint density at radius 3 is 2.55 bits per heavy atom. The van der Waals surface area contributed by atoms with Crippen molar-refractivity contribution in [1.82, 2.24) is 10.2 Å². The third kappa shape index (κ3) is 4.86. The van der Waals surface area contributed by atoms with E-state index in [2.05, 4.69) is 27.6 Å². The summed E-state index contributed by atoms with van der Waals surface area (Å²) < 4.78 is 0. The number of anilines is 2. The number of nitrogens with zero attached hydrogens (tertiary/aromatic N) is 3. The average molecular weight is 407 g/mol. The lowest BCUT2D eigenvalue weighted by Gasteiger charge is -2.15. The lowest BCUT2D eigenvalue weighted by Crippen LogP contribution is -2.24. The number of hydrogen-bond donors (Lipinski definition) is 1. The van der Waals surface area contributed by atoms with Gasteiger partial charge in [0.15, 0.2) is 0 Å². The van der Waals surface area contributed by atoms with Gasteiger partial charge < -0.3 is 10.2 Å². The second-order valence-corrected chi connectivity index (χ2v) is 8.08. The third-order valence-electron chi connectivity index (χ3n) is 4.94. The molecule has 0 saturated carbocycles. The average Bonchev–Trinajstić information content (AvgIpc) is 3.36. The van der Waals surface area contributed by atoms with E-state index in [0.717, 1.165) is 23.5 Å². The molecule has 148 valence electrons. The van der Waals surface area contributed by atoms with Crippen LogP contribution in [0.5, 0.6) is 0 Å². The van der Waals surface area contributed by atoms with Gasteiger partial charge in [0.05, 0.1) is 0 Å². The predicted molar refractivity (Wildman–Crippen MR) is 114 cm³/mol. The molecular weight excluding hydrogens is 384 g/mol. The monoisotopic (exact) mass is 406 g/mol. The summed E-state index contributed by atoms with van der Waals surface area (Å²) in [5.41, 5.74) is 2.13. The molecule has 1 aromatic heterocycles. The second-order valence-electron chi connectivity index (χ2n) is 7.07. The van der Waals surface area contributed by atoms with Crippen molar-refractivity contribution in [2.24, 2.45) is 0 Å². The Bertz CT molecular complexity index is 975. The van der Waals surface area contributed by atoms with E-state index in [1.807, 2.05) is 48.5 Å². The van der Waals surface area contributed by atoms with Gasteiger partial charge in [0.2, 0.25) is 16.9 Å². The van der Waals surface area contributed by atoms with Gasteiger partial charge >= 0.3 is 0 Å². The van der Waals surface area contributed by atoms with Crippen LogP contribution < -0.4 is 10.2 Å². The Kier molecular flexibility index (Phi) is 5.95. The van der Waals surface area contributed by atoms with Crippen molar-refractivity contribution in [3.8, 4) is 0 Å². The first-order chi connectivity index (χ1) is 14.2. The number of carbonyl (C=O) groups excluding carboxylic acids is 2. The molecule has 0 spiro atoms. The SMILES string of the molecule is O=C(CCCc1ccccc1)Nc1nnc([C@H]2CC(=O)N(c3ccccc3)C2)s1.